The van der Waals surface area contributed by atoms with E-state index in [1.54, 1.807) is 11.3 Å². The lowest BCUT2D eigenvalue weighted by Crippen LogP contribution is -2.30. The van der Waals surface area contributed by atoms with Gasteiger partial charge in [0, 0.05) is 17.1 Å². The predicted octanol–water partition coefficient (Wildman–Crippen LogP) is 4.55. The summed E-state index contributed by atoms with van der Waals surface area (Å²) in [6.45, 7) is 5.60. The fourth-order valence-corrected chi connectivity index (χ4v) is 2.92. The number of benzene rings is 1. The first-order valence-corrected chi connectivity index (χ1v) is 7.92. The summed E-state index contributed by atoms with van der Waals surface area (Å²) < 4.78 is 0. The minimum absolute atomic E-state index is 0.211. The Labute approximate surface area is 125 Å². The van der Waals surface area contributed by atoms with Gasteiger partial charge in [-0.3, -0.25) is 4.79 Å². The lowest BCUT2D eigenvalue weighted by molar-refractivity contribution is 0.100. The Hall–Kier alpha value is -1.61. The van der Waals surface area contributed by atoms with Crippen molar-refractivity contribution in [1.82, 2.24) is 0 Å². The highest BCUT2D eigenvalue weighted by atomic mass is 32.1. The second kappa shape index (κ2) is 7.25. The molecule has 1 heterocycles. The Morgan fingerprint density at radius 3 is 2.50 bits per heavy atom. The van der Waals surface area contributed by atoms with Crippen molar-refractivity contribution in [3.8, 4) is 0 Å². The maximum absolute atomic E-state index is 12.4. The summed E-state index contributed by atoms with van der Waals surface area (Å²) >= 11 is 1.58. The molecule has 3 heteroatoms. The van der Waals surface area contributed by atoms with Crippen molar-refractivity contribution in [2.45, 2.75) is 26.7 Å². The molecule has 0 aliphatic rings. The molecule has 106 valence electrons. The molecular weight excluding hydrogens is 266 g/mol. The van der Waals surface area contributed by atoms with Crippen molar-refractivity contribution in [2.75, 3.05) is 18.0 Å². The van der Waals surface area contributed by atoms with Crippen molar-refractivity contribution in [3.63, 3.8) is 0 Å². The summed E-state index contributed by atoms with van der Waals surface area (Å²) in [7, 11) is 0. The minimum Gasteiger partial charge on any atom is -0.364 e. The number of ketones is 1. The number of anilines is 1. The number of Topliss-reactive ketones (excluding diaryl/α,β-unsaturated/α-hetero) is 1. The van der Waals surface area contributed by atoms with E-state index in [2.05, 4.69) is 24.0 Å². The van der Waals surface area contributed by atoms with E-state index in [9.17, 15) is 4.79 Å². The van der Waals surface area contributed by atoms with E-state index in [-0.39, 0.29) is 5.78 Å². The molecule has 0 saturated carbocycles. The normalized spacial score (nSPS) is 10.5. The number of carbonyl (C=O) groups excluding carboxylic acids is 1. The molecule has 2 rings (SSSR count). The first-order chi connectivity index (χ1) is 9.70. The molecule has 0 saturated heterocycles. The average molecular weight is 287 g/mol. The van der Waals surface area contributed by atoms with Crippen LogP contribution in [0.3, 0.4) is 0 Å². The number of rotatable bonds is 7. The van der Waals surface area contributed by atoms with Crippen LogP contribution in [-0.2, 0) is 0 Å². The van der Waals surface area contributed by atoms with E-state index in [4.69, 9.17) is 0 Å². The highest BCUT2D eigenvalue weighted by Gasteiger charge is 2.14. The maximum Gasteiger partial charge on any atom is 0.191 e. The SMILES string of the molecule is CCCCN(CC(=O)c1ccc(C)s1)c1ccccc1. The second-order valence-electron chi connectivity index (χ2n) is 4.94. The van der Waals surface area contributed by atoms with Crippen LogP contribution in [0, 0.1) is 6.92 Å². The fraction of sp³-hybridized carbons (Fsp3) is 0.353. The van der Waals surface area contributed by atoms with E-state index in [1.807, 2.05) is 37.3 Å². The molecule has 20 heavy (non-hydrogen) atoms. The van der Waals surface area contributed by atoms with E-state index < -0.39 is 0 Å². The van der Waals surface area contributed by atoms with Gasteiger partial charge in [0.15, 0.2) is 5.78 Å². The average Bonchev–Trinajstić information content (AvgIpc) is 2.91. The van der Waals surface area contributed by atoms with Crippen molar-refractivity contribution >= 4 is 22.8 Å². The standard InChI is InChI=1S/C17H21NOS/c1-3-4-12-18(15-8-6-5-7-9-15)13-16(19)17-11-10-14(2)20-17/h5-11H,3-4,12-13H2,1-2H3. The lowest BCUT2D eigenvalue weighted by atomic mass is 10.2. The number of nitrogens with zero attached hydrogens (tertiary/aromatic N) is 1. The number of para-hydroxylation sites is 1. The number of thiophene rings is 1. The largest absolute Gasteiger partial charge is 0.364 e. The molecule has 0 aliphatic heterocycles. The van der Waals surface area contributed by atoms with Crippen LogP contribution in [0.5, 0.6) is 0 Å². The highest BCUT2D eigenvalue weighted by molar-refractivity contribution is 7.14. The molecule has 0 aliphatic carbocycles. The molecule has 1 aromatic carbocycles. The molecule has 1 aromatic heterocycles. The van der Waals surface area contributed by atoms with Gasteiger partial charge in [-0.05, 0) is 37.6 Å². The van der Waals surface area contributed by atoms with Gasteiger partial charge in [0.05, 0.1) is 11.4 Å². The van der Waals surface area contributed by atoms with Crippen molar-refractivity contribution in [1.29, 1.82) is 0 Å². The predicted molar refractivity (Wildman–Crippen MR) is 86.9 cm³/mol. The number of hydrogen-bond donors (Lipinski definition) is 0. The van der Waals surface area contributed by atoms with Gasteiger partial charge >= 0.3 is 0 Å². The Bertz CT molecular complexity index is 547. The van der Waals surface area contributed by atoms with Gasteiger partial charge in [0.1, 0.15) is 0 Å². The molecule has 0 spiro atoms. The molecule has 2 nitrogen and oxygen atoms in total. The summed E-state index contributed by atoms with van der Waals surface area (Å²) in [6.07, 6.45) is 2.24. The first kappa shape index (κ1) is 14.8. The third-order valence-corrected chi connectivity index (χ3v) is 4.29. The van der Waals surface area contributed by atoms with Crippen LogP contribution in [-0.4, -0.2) is 18.9 Å². The molecule has 0 bridgehead atoms. The number of unbranched alkanes of at least 4 members (excludes halogenated alkanes) is 1. The second-order valence-corrected chi connectivity index (χ2v) is 6.23. The van der Waals surface area contributed by atoms with E-state index in [0.29, 0.717) is 6.54 Å². The fourth-order valence-electron chi connectivity index (χ4n) is 2.12. The summed E-state index contributed by atoms with van der Waals surface area (Å²) in [5.41, 5.74) is 1.13. The van der Waals surface area contributed by atoms with E-state index in [0.717, 1.165) is 30.0 Å². The molecule has 2 aromatic rings. The van der Waals surface area contributed by atoms with Crippen LogP contribution in [0.15, 0.2) is 42.5 Å². The van der Waals surface area contributed by atoms with Crippen LogP contribution in [0.4, 0.5) is 5.69 Å². The third kappa shape index (κ3) is 3.94. The van der Waals surface area contributed by atoms with Gasteiger partial charge in [-0.25, -0.2) is 0 Å². The molecule has 0 amide bonds. The number of carbonyl (C=O) groups is 1. The third-order valence-electron chi connectivity index (χ3n) is 3.25. The zero-order chi connectivity index (χ0) is 14.4. The van der Waals surface area contributed by atoms with Gasteiger partial charge in [0.2, 0.25) is 0 Å². The van der Waals surface area contributed by atoms with Crippen LogP contribution in [0.2, 0.25) is 0 Å². The summed E-state index contributed by atoms with van der Waals surface area (Å²) in [5.74, 6) is 0.211. The smallest absolute Gasteiger partial charge is 0.191 e. The topological polar surface area (TPSA) is 20.3 Å². The Morgan fingerprint density at radius 2 is 1.90 bits per heavy atom. The Kier molecular flexibility index (Phi) is 5.36. The molecule has 0 unspecified atom stereocenters. The Balaban J connectivity index is 2.09. The van der Waals surface area contributed by atoms with Gasteiger partial charge < -0.3 is 4.90 Å². The first-order valence-electron chi connectivity index (χ1n) is 7.10. The van der Waals surface area contributed by atoms with Crippen molar-refractivity contribution in [2.24, 2.45) is 0 Å². The van der Waals surface area contributed by atoms with Gasteiger partial charge in [-0.2, -0.15) is 0 Å². The molecular formula is C17H21NOS. The monoisotopic (exact) mass is 287 g/mol. The number of hydrogen-bond acceptors (Lipinski definition) is 3. The van der Waals surface area contributed by atoms with Crippen LogP contribution < -0.4 is 4.90 Å². The maximum atomic E-state index is 12.4. The van der Waals surface area contributed by atoms with Crippen LogP contribution >= 0.6 is 11.3 Å². The zero-order valence-corrected chi connectivity index (χ0v) is 13.0. The molecule has 0 atom stereocenters. The summed E-state index contributed by atoms with van der Waals surface area (Å²) in [5, 5.41) is 0. The van der Waals surface area contributed by atoms with Crippen LogP contribution in [0.1, 0.15) is 34.3 Å². The lowest BCUT2D eigenvalue weighted by Gasteiger charge is -2.23. The molecule has 0 radical (unpaired) electrons. The van der Waals surface area contributed by atoms with Crippen molar-refractivity contribution < 1.29 is 4.79 Å². The van der Waals surface area contributed by atoms with Crippen molar-refractivity contribution in [3.05, 3.63) is 52.2 Å². The highest BCUT2D eigenvalue weighted by Crippen LogP contribution is 2.19. The number of aryl methyl sites for hydroxylation is 1. The van der Waals surface area contributed by atoms with Crippen LogP contribution in [0.25, 0.3) is 0 Å². The van der Waals surface area contributed by atoms with Gasteiger partial charge in [0.25, 0.3) is 0 Å². The molecule has 0 fully saturated rings. The van der Waals surface area contributed by atoms with E-state index >= 15 is 0 Å². The minimum atomic E-state index is 0.211. The van der Waals surface area contributed by atoms with E-state index in [1.165, 1.54) is 4.88 Å². The van der Waals surface area contributed by atoms with Gasteiger partial charge in [-0.15, -0.1) is 11.3 Å². The zero-order valence-electron chi connectivity index (χ0n) is 12.1. The Morgan fingerprint density at radius 1 is 1.15 bits per heavy atom. The van der Waals surface area contributed by atoms with Gasteiger partial charge in [-0.1, -0.05) is 31.5 Å². The quantitative estimate of drug-likeness (QED) is 0.696. The summed E-state index contributed by atoms with van der Waals surface area (Å²) in [6, 6.07) is 14.1. The summed E-state index contributed by atoms with van der Waals surface area (Å²) in [4.78, 5) is 16.6. The molecule has 0 N–H and O–H groups in total.